The van der Waals surface area contributed by atoms with E-state index in [4.69, 9.17) is 11.6 Å². The zero-order valence-corrected chi connectivity index (χ0v) is 13.7. The first-order valence-corrected chi connectivity index (χ1v) is 8.82. The van der Waals surface area contributed by atoms with Gasteiger partial charge in [-0.3, -0.25) is 4.79 Å². The highest BCUT2D eigenvalue weighted by Crippen LogP contribution is 2.43. The van der Waals surface area contributed by atoms with Crippen LogP contribution in [0.3, 0.4) is 0 Å². The third-order valence-electron chi connectivity index (χ3n) is 3.37. The number of thioether (sulfide) groups is 1. The number of thiophene rings is 1. The fraction of sp³-hybridized carbons (Fsp3) is 0.200. The maximum Gasteiger partial charge on any atom is 0.255 e. The molecule has 2 aromatic rings. The molecule has 0 saturated carbocycles. The van der Waals surface area contributed by atoms with Crippen LogP contribution in [0.25, 0.3) is 0 Å². The first-order chi connectivity index (χ1) is 10.6. The van der Waals surface area contributed by atoms with Crippen LogP contribution < -0.4 is 5.11 Å². The molecular formula is C15H11ClNO3S2-. The molecule has 22 heavy (non-hydrogen) atoms. The summed E-state index contributed by atoms with van der Waals surface area (Å²) in [4.78, 5) is 26.5. The lowest BCUT2D eigenvalue weighted by atomic mass is 10.1. The number of carboxylic acids is 1. The van der Waals surface area contributed by atoms with Crippen LogP contribution in [-0.4, -0.2) is 28.6 Å². The van der Waals surface area contributed by atoms with Crippen molar-refractivity contribution in [3.63, 3.8) is 0 Å². The molecule has 0 bridgehead atoms. The molecule has 1 aromatic carbocycles. The normalized spacial score (nSPS) is 21.0. The van der Waals surface area contributed by atoms with E-state index in [-0.39, 0.29) is 11.3 Å². The minimum absolute atomic E-state index is 0.311. The molecule has 3 rings (SSSR count). The van der Waals surface area contributed by atoms with Crippen LogP contribution in [0, 0.1) is 0 Å². The number of aliphatic carboxylic acids is 1. The first kappa shape index (κ1) is 15.4. The third-order valence-corrected chi connectivity index (χ3v) is 5.98. The number of benzene rings is 1. The molecule has 1 saturated heterocycles. The average molecular weight is 353 g/mol. The fourth-order valence-corrected chi connectivity index (χ4v) is 4.93. The van der Waals surface area contributed by atoms with E-state index in [0.29, 0.717) is 16.3 Å². The summed E-state index contributed by atoms with van der Waals surface area (Å²) in [6.45, 7) is 0. The van der Waals surface area contributed by atoms with Crippen molar-refractivity contribution in [2.24, 2.45) is 0 Å². The van der Waals surface area contributed by atoms with E-state index >= 15 is 0 Å². The number of amides is 1. The van der Waals surface area contributed by atoms with Crippen molar-refractivity contribution in [3.05, 3.63) is 57.2 Å². The lowest BCUT2D eigenvalue weighted by Gasteiger charge is -2.29. The Bertz CT molecular complexity index is 705. The maximum absolute atomic E-state index is 12.8. The average Bonchev–Trinajstić information content (AvgIpc) is 3.15. The van der Waals surface area contributed by atoms with Crippen molar-refractivity contribution in [1.82, 2.24) is 4.90 Å². The number of nitrogens with zero attached hydrogens (tertiary/aromatic N) is 1. The smallest absolute Gasteiger partial charge is 0.255 e. The van der Waals surface area contributed by atoms with Crippen molar-refractivity contribution in [2.75, 3.05) is 5.75 Å². The van der Waals surface area contributed by atoms with Gasteiger partial charge < -0.3 is 14.8 Å². The largest absolute Gasteiger partial charge is 0.548 e. The zero-order valence-electron chi connectivity index (χ0n) is 11.3. The lowest BCUT2D eigenvalue weighted by Crippen LogP contribution is -2.48. The lowest BCUT2D eigenvalue weighted by molar-refractivity contribution is -0.310. The van der Waals surface area contributed by atoms with Crippen LogP contribution in [0.5, 0.6) is 0 Å². The van der Waals surface area contributed by atoms with Gasteiger partial charge in [-0.15, -0.1) is 23.1 Å². The summed E-state index contributed by atoms with van der Waals surface area (Å²) in [6.07, 6.45) is 0. The number of carbonyl (C=O) groups is 2. The summed E-state index contributed by atoms with van der Waals surface area (Å²) < 4.78 is 0. The van der Waals surface area contributed by atoms with E-state index in [1.165, 1.54) is 28.0 Å². The van der Waals surface area contributed by atoms with Gasteiger partial charge in [0.05, 0.1) is 12.0 Å². The summed E-state index contributed by atoms with van der Waals surface area (Å²) in [6, 6.07) is 9.37. The molecule has 1 aliphatic heterocycles. The number of rotatable bonds is 3. The molecule has 0 aliphatic carbocycles. The SMILES string of the molecule is O=C([O-])[C@@H]1CS[C@@H](c2cccs2)N1C(=O)c1cccc(Cl)c1. The second-order valence-corrected chi connectivity index (χ2v) is 7.29. The summed E-state index contributed by atoms with van der Waals surface area (Å²) in [5.74, 6) is -1.26. The Morgan fingerprint density at radius 3 is 2.73 bits per heavy atom. The Morgan fingerprint density at radius 1 is 1.27 bits per heavy atom. The van der Waals surface area contributed by atoms with Gasteiger partial charge in [0.25, 0.3) is 5.91 Å². The van der Waals surface area contributed by atoms with Crippen LogP contribution in [0.4, 0.5) is 0 Å². The van der Waals surface area contributed by atoms with Gasteiger partial charge >= 0.3 is 0 Å². The van der Waals surface area contributed by atoms with Crippen molar-refractivity contribution in [3.8, 4) is 0 Å². The van der Waals surface area contributed by atoms with Crippen LogP contribution in [0.2, 0.25) is 5.02 Å². The Hall–Kier alpha value is -1.50. The summed E-state index contributed by atoms with van der Waals surface area (Å²) >= 11 is 8.86. The minimum atomic E-state index is -1.23. The quantitative estimate of drug-likeness (QED) is 0.851. The van der Waals surface area contributed by atoms with Gasteiger partial charge in [-0.1, -0.05) is 23.7 Å². The molecule has 4 nitrogen and oxygen atoms in total. The standard InChI is InChI=1S/C15H12ClNO3S2/c16-10-4-1-3-9(7-10)13(18)17-11(15(19)20)8-22-14(17)12-5-2-6-21-12/h1-7,11,14H,8H2,(H,19,20)/p-1/t11-,14-/m0/s1. The minimum Gasteiger partial charge on any atom is -0.548 e. The molecule has 114 valence electrons. The topological polar surface area (TPSA) is 60.4 Å². The number of hydrogen-bond donors (Lipinski definition) is 0. The van der Waals surface area contributed by atoms with Gasteiger partial charge in [-0.2, -0.15) is 0 Å². The molecule has 1 aromatic heterocycles. The van der Waals surface area contributed by atoms with Gasteiger partial charge in [-0.05, 0) is 29.6 Å². The highest BCUT2D eigenvalue weighted by Gasteiger charge is 2.40. The molecule has 1 aliphatic rings. The Labute approximate surface area is 140 Å². The van der Waals surface area contributed by atoms with Gasteiger partial charge in [-0.25, -0.2) is 0 Å². The van der Waals surface area contributed by atoms with Gasteiger partial charge in [0.2, 0.25) is 0 Å². The summed E-state index contributed by atoms with van der Waals surface area (Å²) in [7, 11) is 0. The van der Waals surface area contributed by atoms with Gasteiger partial charge in [0.1, 0.15) is 5.37 Å². The number of halogens is 1. The number of hydrogen-bond acceptors (Lipinski definition) is 5. The molecule has 0 spiro atoms. The van der Waals surface area contributed by atoms with Crippen molar-refractivity contribution >= 4 is 46.6 Å². The number of carboxylic acid groups (broad SMARTS) is 1. The molecule has 0 unspecified atom stereocenters. The Morgan fingerprint density at radius 2 is 2.09 bits per heavy atom. The Kier molecular flexibility index (Phi) is 4.42. The van der Waals surface area contributed by atoms with Gasteiger partial charge in [0, 0.05) is 21.2 Å². The molecule has 0 radical (unpaired) electrons. The molecule has 2 atom stereocenters. The zero-order chi connectivity index (χ0) is 15.7. The highest BCUT2D eigenvalue weighted by atomic mass is 35.5. The molecule has 1 fully saturated rings. The molecule has 7 heteroatoms. The predicted molar refractivity (Wildman–Crippen MR) is 85.9 cm³/mol. The molecule has 0 N–H and O–H groups in total. The van der Waals surface area contributed by atoms with Crippen LogP contribution >= 0.6 is 34.7 Å². The van der Waals surface area contributed by atoms with E-state index in [1.807, 2.05) is 17.5 Å². The van der Waals surface area contributed by atoms with E-state index in [2.05, 4.69) is 0 Å². The van der Waals surface area contributed by atoms with Gasteiger partial charge in [0.15, 0.2) is 0 Å². The molecule has 1 amide bonds. The second kappa shape index (κ2) is 6.32. The van der Waals surface area contributed by atoms with Crippen LogP contribution in [-0.2, 0) is 4.79 Å². The number of carbonyl (C=O) groups excluding carboxylic acids is 2. The van der Waals surface area contributed by atoms with E-state index < -0.39 is 12.0 Å². The van der Waals surface area contributed by atoms with Crippen molar-refractivity contribution < 1.29 is 14.7 Å². The van der Waals surface area contributed by atoms with E-state index in [0.717, 1.165) is 4.88 Å². The maximum atomic E-state index is 12.8. The highest BCUT2D eigenvalue weighted by molar-refractivity contribution is 7.99. The van der Waals surface area contributed by atoms with Crippen LogP contribution in [0.1, 0.15) is 20.6 Å². The second-order valence-electron chi connectivity index (χ2n) is 4.76. The first-order valence-electron chi connectivity index (χ1n) is 6.52. The fourth-order valence-electron chi connectivity index (χ4n) is 2.36. The van der Waals surface area contributed by atoms with E-state index in [1.54, 1.807) is 24.3 Å². The van der Waals surface area contributed by atoms with Crippen molar-refractivity contribution in [2.45, 2.75) is 11.4 Å². The summed E-state index contributed by atoms with van der Waals surface area (Å²) in [5, 5.41) is 13.4. The third kappa shape index (κ3) is 2.86. The summed E-state index contributed by atoms with van der Waals surface area (Å²) in [5.41, 5.74) is 0.378. The Balaban J connectivity index is 1.98. The molecular weight excluding hydrogens is 342 g/mol. The van der Waals surface area contributed by atoms with E-state index in [9.17, 15) is 14.7 Å². The monoisotopic (exact) mass is 352 g/mol. The molecule has 2 heterocycles. The van der Waals surface area contributed by atoms with Crippen molar-refractivity contribution in [1.29, 1.82) is 0 Å². The predicted octanol–water partition coefficient (Wildman–Crippen LogP) is 2.41. The van der Waals surface area contributed by atoms with Crippen LogP contribution in [0.15, 0.2) is 41.8 Å².